The summed E-state index contributed by atoms with van der Waals surface area (Å²) in [5, 5.41) is 10.8. The number of hydrogen-bond donors (Lipinski definition) is 1. The smallest absolute Gasteiger partial charge is 0.0398 e. The van der Waals surface area contributed by atoms with E-state index in [9.17, 15) is 5.21 Å². The van der Waals surface area contributed by atoms with Crippen molar-refractivity contribution < 1.29 is 5.21 Å². The van der Waals surface area contributed by atoms with Gasteiger partial charge in [0.05, 0.1) is 0 Å². The van der Waals surface area contributed by atoms with Gasteiger partial charge < -0.3 is 5.21 Å². The molecular weight excluding hydrogens is 150 g/mol. The van der Waals surface area contributed by atoms with Crippen LogP contribution < -0.4 is 0 Å². The molecule has 2 heteroatoms. The van der Waals surface area contributed by atoms with Crippen molar-refractivity contribution in [1.29, 1.82) is 0 Å². The first-order valence-electron chi connectivity index (χ1n) is 4.96. The van der Waals surface area contributed by atoms with Crippen LogP contribution in [-0.2, 0) is 0 Å². The van der Waals surface area contributed by atoms with E-state index >= 15 is 0 Å². The zero-order valence-electron chi connectivity index (χ0n) is 9.04. The minimum absolute atomic E-state index is 0.306. The fraction of sp³-hybridized carbons (Fsp3) is 1.00. The summed E-state index contributed by atoms with van der Waals surface area (Å²) in [6.07, 6.45) is 2.25. The van der Waals surface area contributed by atoms with E-state index in [0.29, 0.717) is 17.9 Å². The Labute approximate surface area is 76.5 Å². The Kier molecular flexibility index (Phi) is 5.51. The van der Waals surface area contributed by atoms with Crippen LogP contribution >= 0.6 is 0 Å². The van der Waals surface area contributed by atoms with Gasteiger partial charge in [-0.25, -0.2) is 0 Å². The van der Waals surface area contributed by atoms with Gasteiger partial charge in [0.15, 0.2) is 0 Å². The van der Waals surface area contributed by atoms with Crippen LogP contribution in [0.1, 0.15) is 40.5 Å². The molecular formula is C10H23NO. The molecule has 74 valence electrons. The topological polar surface area (TPSA) is 23.5 Å². The molecule has 0 bridgehead atoms. The number of nitrogens with zero attached hydrogens (tertiary/aromatic N) is 1. The summed E-state index contributed by atoms with van der Waals surface area (Å²) in [5.74, 6) is 1.13. The normalized spacial score (nSPS) is 19.2. The van der Waals surface area contributed by atoms with Crippen molar-refractivity contribution in [3.8, 4) is 0 Å². The Morgan fingerprint density at radius 2 is 1.42 bits per heavy atom. The van der Waals surface area contributed by atoms with Gasteiger partial charge in [-0.2, -0.15) is 5.06 Å². The Morgan fingerprint density at radius 3 is 1.58 bits per heavy atom. The average molecular weight is 173 g/mol. The second-order valence-electron chi connectivity index (χ2n) is 3.84. The first kappa shape index (κ1) is 11.9. The van der Waals surface area contributed by atoms with Crippen LogP contribution in [0, 0.1) is 11.8 Å². The number of hydroxylamine groups is 2. The highest BCUT2D eigenvalue weighted by molar-refractivity contribution is 4.74. The lowest BCUT2D eigenvalue weighted by Crippen LogP contribution is -2.39. The molecule has 0 aliphatic carbocycles. The monoisotopic (exact) mass is 173 g/mol. The zero-order valence-corrected chi connectivity index (χ0v) is 9.04. The largest absolute Gasteiger partial charge is 0.314 e. The van der Waals surface area contributed by atoms with Crippen LogP contribution in [0.2, 0.25) is 0 Å². The first-order valence-corrected chi connectivity index (χ1v) is 4.96. The van der Waals surface area contributed by atoms with Crippen LogP contribution in [0.4, 0.5) is 0 Å². The minimum atomic E-state index is 0.306. The van der Waals surface area contributed by atoms with E-state index in [1.54, 1.807) is 7.05 Å². The summed E-state index contributed by atoms with van der Waals surface area (Å²) < 4.78 is 0. The zero-order chi connectivity index (χ0) is 9.72. The van der Waals surface area contributed by atoms with Crippen LogP contribution in [0.15, 0.2) is 0 Å². The molecule has 0 aromatic carbocycles. The average Bonchev–Trinajstić information content (AvgIpc) is 2.03. The van der Waals surface area contributed by atoms with Crippen LogP contribution in [0.3, 0.4) is 0 Å². The van der Waals surface area contributed by atoms with E-state index in [-0.39, 0.29) is 0 Å². The van der Waals surface area contributed by atoms with E-state index in [4.69, 9.17) is 0 Å². The lowest BCUT2D eigenvalue weighted by molar-refractivity contribution is -0.133. The summed E-state index contributed by atoms with van der Waals surface area (Å²) in [6.45, 7) is 8.74. The van der Waals surface area contributed by atoms with Gasteiger partial charge in [-0.05, 0) is 11.8 Å². The second-order valence-corrected chi connectivity index (χ2v) is 3.84. The van der Waals surface area contributed by atoms with Gasteiger partial charge in [-0.15, -0.1) is 0 Å². The van der Waals surface area contributed by atoms with Crippen LogP contribution in [0.5, 0.6) is 0 Å². The molecule has 0 rings (SSSR count). The third-order valence-electron chi connectivity index (χ3n) is 2.89. The van der Waals surface area contributed by atoms with Gasteiger partial charge in [-0.3, -0.25) is 0 Å². The lowest BCUT2D eigenvalue weighted by Gasteiger charge is -2.32. The predicted octanol–water partition coefficient (Wildman–Crippen LogP) is 2.77. The molecule has 0 saturated heterocycles. The highest BCUT2D eigenvalue weighted by atomic mass is 16.5. The molecule has 12 heavy (non-hydrogen) atoms. The quantitative estimate of drug-likeness (QED) is 0.646. The van der Waals surface area contributed by atoms with E-state index in [1.807, 2.05) is 0 Å². The molecule has 0 radical (unpaired) electrons. The van der Waals surface area contributed by atoms with Crippen molar-refractivity contribution in [2.45, 2.75) is 46.6 Å². The molecule has 2 nitrogen and oxygen atoms in total. The van der Waals surface area contributed by atoms with E-state index < -0.39 is 0 Å². The molecule has 0 aliphatic heterocycles. The van der Waals surface area contributed by atoms with Gasteiger partial charge in [0.1, 0.15) is 0 Å². The minimum Gasteiger partial charge on any atom is -0.314 e. The maximum atomic E-state index is 9.45. The van der Waals surface area contributed by atoms with E-state index in [0.717, 1.165) is 12.8 Å². The van der Waals surface area contributed by atoms with Crippen molar-refractivity contribution in [2.24, 2.45) is 11.8 Å². The molecule has 2 unspecified atom stereocenters. The van der Waals surface area contributed by atoms with Gasteiger partial charge in [0.25, 0.3) is 0 Å². The highest BCUT2D eigenvalue weighted by Crippen LogP contribution is 2.22. The van der Waals surface area contributed by atoms with Crippen molar-refractivity contribution in [2.75, 3.05) is 7.05 Å². The SMILES string of the molecule is CCC(C)C(C(C)CC)N(C)O. The summed E-state index contributed by atoms with van der Waals surface area (Å²) in [6, 6.07) is 0.306. The predicted molar refractivity (Wildman–Crippen MR) is 52.2 cm³/mol. The molecule has 1 N–H and O–H groups in total. The Balaban J connectivity index is 4.21. The third-order valence-corrected chi connectivity index (χ3v) is 2.89. The van der Waals surface area contributed by atoms with Crippen molar-refractivity contribution in [1.82, 2.24) is 5.06 Å². The van der Waals surface area contributed by atoms with Crippen molar-refractivity contribution in [3.05, 3.63) is 0 Å². The number of rotatable bonds is 5. The van der Waals surface area contributed by atoms with Crippen LogP contribution in [0.25, 0.3) is 0 Å². The maximum absolute atomic E-state index is 9.45. The Bertz CT molecular complexity index is 104. The van der Waals surface area contributed by atoms with Gasteiger partial charge in [0, 0.05) is 13.1 Å². The summed E-state index contributed by atoms with van der Waals surface area (Å²) >= 11 is 0. The molecule has 0 amide bonds. The number of hydrogen-bond acceptors (Lipinski definition) is 2. The molecule has 0 aromatic rings. The van der Waals surface area contributed by atoms with E-state index in [1.165, 1.54) is 5.06 Å². The molecule has 0 fully saturated rings. The molecule has 0 heterocycles. The third kappa shape index (κ3) is 3.11. The second kappa shape index (κ2) is 5.55. The van der Waals surface area contributed by atoms with E-state index in [2.05, 4.69) is 27.7 Å². The lowest BCUT2D eigenvalue weighted by atomic mass is 9.87. The van der Waals surface area contributed by atoms with Crippen molar-refractivity contribution in [3.63, 3.8) is 0 Å². The van der Waals surface area contributed by atoms with Gasteiger partial charge in [0.2, 0.25) is 0 Å². The van der Waals surface area contributed by atoms with Crippen molar-refractivity contribution >= 4 is 0 Å². The molecule has 0 aliphatic rings. The molecule has 0 saturated carbocycles. The highest BCUT2D eigenvalue weighted by Gasteiger charge is 2.24. The van der Waals surface area contributed by atoms with Crippen LogP contribution in [-0.4, -0.2) is 23.4 Å². The molecule has 2 atom stereocenters. The molecule has 0 aromatic heterocycles. The Morgan fingerprint density at radius 1 is 1.08 bits per heavy atom. The fourth-order valence-corrected chi connectivity index (χ4v) is 1.78. The molecule has 0 spiro atoms. The van der Waals surface area contributed by atoms with Gasteiger partial charge >= 0.3 is 0 Å². The van der Waals surface area contributed by atoms with Gasteiger partial charge in [-0.1, -0.05) is 40.5 Å². The standard InChI is InChI=1S/C10H23NO/c1-6-8(3)10(11(5)12)9(4)7-2/h8-10,12H,6-7H2,1-5H3. The fourth-order valence-electron chi connectivity index (χ4n) is 1.78. The maximum Gasteiger partial charge on any atom is 0.0398 e. The first-order chi connectivity index (χ1) is 5.54. The summed E-state index contributed by atoms with van der Waals surface area (Å²) in [5.41, 5.74) is 0. The summed E-state index contributed by atoms with van der Waals surface area (Å²) in [7, 11) is 1.75. The summed E-state index contributed by atoms with van der Waals surface area (Å²) in [4.78, 5) is 0. The Hall–Kier alpha value is -0.0800.